The van der Waals surface area contributed by atoms with E-state index in [4.69, 9.17) is 23.7 Å². The Morgan fingerprint density at radius 1 is 0.661 bits per heavy atom. The van der Waals surface area contributed by atoms with E-state index in [9.17, 15) is 28.8 Å². The highest BCUT2D eigenvalue weighted by Crippen LogP contribution is 2.40. The summed E-state index contributed by atoms with van der Waals surface area (Å²) in [5, 5.41) is 0. The van der Waals surface area contributed by atoms with Crippen LogP contribution in [0.2, 0.25) is 0 Å². The third-order valence-electron chi connectivity index (χ3n) is 10.7. The van der Waals surface area contributed by atoms with E-state index >= 15 is 0 Å². The molecule has 13 nitrogen and oxygen atoms in total. The topological polar surface area (TPSA) is 167 Å². The Morgan fingerprint density at radius 3 is 1.77 bits per heavy atom. The lowest BCUT2D eigenvalue weighted by Crippen LogP contribution is -2.44. The molecule has 2 aromatic carbocycles. The van der Waals surface area contributed by atoms with Crippen LogP contribution in [0.4, 0.5) is 0 Å². The molecule has 0 radical (unpaired) electrons. The first kappa shape index (κ1) is 50.4. The van der Waals surface area contributed by atoms with E-state index in [0.717, 1.165) is 62.0 Å². The van der Waals surface area contributed by atoms with Crippen LogP contribution in [0.1, 0.15) is 102 Å². The van der Waals surface area contributed by atoms with Crippen LogP contribution in [0.5, 0.6) is 5.75 Å². The van der Waals surface area contributed by atoms with Crippen LogP contribution in [0.15, 0.2) is 85.0 Å². The summed E-state index contributed by atoms with van der Waals surface area (Å²) in [6.07, 6.45) is 14.2. The van der Waals surface area contributed by atoms with E-state index in [2.05, 4.69) is 54.7 Å². The number of hydrogen-bond donors (Lipinski definition) is 0. The van der Waals surface area contributed by atoms with Crippen molar-refractivity contribution < 1.29 is 61.9 Å². The second kappa shape index (κ2) is 25.7. The van der Waals surface area contributed by atoms with E-state index in [1.54, 1.807) is 6.07 Å². The fourth-order valence-electron chi connectivity index (χ4n) is 6.95. The van der Waals surface area contributed by atoms with Crippen LogP contribution in [-0.4, -0.2) is 76.5 Å². The lowest BCUT2D eigenvalue weighted by atomic mass is 9.76. The molecule has 1 aliphatic rings. The Balaban J connectivity index is 2.01. The van der Waals surface area contributed by atoms with Gasteiger partial charge in [-0.1, -0.05) is 77.0 Å². The van der Waals surface area contributed by atoms with Crippen LogP contribution < -0.4 is 4.74 Å². The van der Waals surface area contributed by atoms with E-state index in [1.807, 2.05) is 12.1 Å². The monoisotopic (exact) mass is 858 g/mol. The third-order valence-corrected chi connectivity index (χ3v) is 10.7. The minimum atomic E-state index is -1.58. The van der Waals surface area contributed by atoms with Gasteiger partial charge in [-0.2, -0.15) is 0 Å². The van der Waals surface area contributed by atoms with Gasteiger partial charge in [0.25, 0.3) is 0 Å². The summed E-state index contributed by atoms with van der Waals surface area (Å²) in [4.78, 5) is 74.0. The molecule has 0 N–H and O–H groups in total. The van der Waals surface area contributed by atoms with Gasteiger partial charge in [0.2, 0.25) is 0 Å². The highest BCUT2D eigenvalue weighted by Gasteiger charge is 2.38. The predicted molar refractivity (Wildman–Crippen MR) is 233 cm³/mol. The second-order valence-corrected chi connectivity index (χ2v) is 15.7. The number of rotatable bonds is 24. The molecule has 3 rings (SSSR count). The number of methoxy groups -OCH3 is 2. The van der Waals surface area contributed by atoms with E-state index in [-0.39, 0.29) is 23.5 Å². The molecule has 0 saturated heterocycles. The van der Waals surface area contributed by atoms with Crippen LogP contribution >= 0.6 is 0 Å². The van der Waals surface area contributed by atoms with Crippen molar-refractivity contribution in [3.05, 3.63) is 102 Å². The Labute approximate surface area is 365 Å². The minimum Gasteiger partial charge on any atom is -0.492 e. The summed E-state index contributed by atoms with van der Waals surface area (Å²) in [6.45, 7) is 12.4. The van der Waals surface area contributed by atoms with Crippen molar-refractivity contribution in [3.8, 4) is 16.9 Å². The molecule has 13 heteroatoms. The maximum Gasteiger partial charge on any atom is 0.333 e. The molecule has 0 aliphatic heterocycles. The van der Waals surface area contributed by atoms with Crippen molar-refractivity contribution in [1.29, 1.82) is 0 Å². The first-order valence-electron chi connectivity index (χ1n) is 21.0. The van der Waals surface area contributed by atoms with Crippen molar-refractivity contribution in [2.24, 2.45) is 11.3 Å². The summed E-state index contributed by atoms with van der Waals surface area (Å²) in [6, 6.07) is 12.1. The first-order chi connectivity index (χ1) is 29.6. The van der Waals surface area contributed by atoms with Gasteiger partial charge in [0.15, 0.2) is 0 Å². The molecule has 1 aliphatic carbocycles. The lowest BCUT2D eigenvalue weighted by molar-refractivity contribution is -0.159. The van der Waals surface area contributed by atoms with Gasteiger partial charge in [-0.15, -0.1) is 0 Å². The molecular formula is C49H62O13. The molecule has 0 heterocycles. The normalized spacial score (nSPS) is 15.1. The average molecular weight is 859 g/mol. The van der Waals surface area contributed by atoms with E-state index in [1.165, 1.54) is 76.3 Å². The number of carbonyl (C=O) groups excluding carboxylic acids is 6. The predicted octanol–water partition coefficient (Wildman–Crippen LogP) is 8.42. The van der Waals surface area contributed by atoms with Gasteiger partial charge in [-0.3, -0.25) is 0 Å². The fourth-order valence-corrected chi connectivity index (χ4v) is 6.95. The van der Waals surface area contributed by atoms with Crippen molar-refractivity contribution >= 4 is 35.8 Å². The molecular weight excluding hydrogens is 797 g/mol. The van der Waals surface area contributed by atoms with Crippen molar-refractivity contribution in [3.63, 3.8) is 0 Å². The number of unbranched alkanes of at least 4 members (excludes halogenated alkanes) is 2. The van der Waals surface area contributed by atoms with Crippen LogP contribution in [0, 0.1) is 11.3 Å². The second-order valence-electron chi connectivity index (χ2n) is 15.7. The number of carbonyl (C=O) groups is 6. The van der Waals surface area contributed by atoms with Crippen LogP contribution in [0.3, 0.4) is 0 Å². The maximum absolute atomic E-state index is 12.7. The Morgan fingerprint density at radius 2 is 1.23 bits per heavy atom. The number of benzene rings is 2. The van der Waals surface area contributed by atoms with Gasteiger partial charge in [0, 0.05) is 41.0 Å². The van der Waals surface area contributed by atoms with Gasteiger partial charge in [0.05, 0.1) is 14.2 Å². The summed E-state index contributed by atoms with van der Waals surface area (Å²) in [5.41, 5.74) is 3.57. The van der Waals surface area contributed by atoms with Crippen molar-refractivity contribution in [2.45, 2.75) is 98.0 Å². The highest BCUT2D eigenvalue weighted by molar-refractivity contribution is 5.92. The smallest absolute Gasteiger partial charge is 0.333 e. The minimum absolute atomic E-state index is 0.0673. The summed E-state index contributed by atoms with van der Waals surface area (Å²) in [5.74, 6) is -3.34. The molecule has 1 fully saturated rings. The highest BCUT2D eigenvalue weighted by atomic mass is 16.6. The van der Waals surface area contributed by atoms with Gasteiger partial charge in [-0.25, -0.2) is 28.8 Å². The molecule has 0 amide bonds. The molecule has 1 saturated carbocycles. The molecule has 2 aromatic rings. The number of aryl methyl sites for hydroxylation is 1. The summed E-state index contributed by atoms with van der Waals surface area (Å²) in [7, 11) is 2.28. The van der Waals surface area contributed by atoms with Gasteiger partial charge in [-0.05, 0) is 92.2 Å². The van der Waals surface area contributed by atoms with E-state index < -0.39 is 67.7 Å². The SMILES string of the molecule is C=C(C)C(=O)OCc1cc(-c2ccc(C3CCC(CCCCC)CC3)cc2CC)ccc1OCC(COC(=O)/C=C/C(=O)OC)(COC(=O)/C=C/C(=O)OC)COC(=O)C(=C)C. The Kier molecular flexibility index (Phi) is 20.9. The third kappa shape index (κ3) is 16.5. The van der Waals surface area contributed by atoms with Crippen molar-refractivity contribution in [2.75, 3.05) is 40.6 Å². The molecule has 0 aromatic heterocycles. The van der Waals surface area contributed by atoms with Crippen LogP contribution in [-0.2, 0) is 70.2 Å². The Bertz CT molecular complexity index is 1920. The first-order valence-corrected chi connectivity index (χ1v) is 21.0. The summed E-state index contributed by atoms with van der Waals surface area (Å²) < 4.78 is 37.5. The van der Waals surface area contributed by atoms with Crippen LogP contribution in [0.25, 0.3) is 11.1 Å². The molecule has 0 atom stereocenters. The lowest BCUT2D eigenvalue weighted by Gasteiger charge is -2.32. The largest absolute Gasteiger partial charge is 0.492 e. The van der Waals surface area contributed by atoms with Gasteiger partial charge in [0.1, 0.15) is 44.2 Å². The zero-order chi connectivity index (χ0) is 45.7. The molecule has 62 heavy (non-hydrogen) atoms. The fraction of sp³-hybridized carbons (Fsp3) is 0.469. The Hall–Kier alpha value is -5.98. The zero-order valence-electron chi connectivity index (χ0n) is 37.0. The quantitative estimate of drug-likeness (QED) is 0.0428. The molecule has 0 unspecified atom stereocenters. The average Bonchev–Trinajstić information content (AvgIpc) is 3.28. The zero-order valence-corrected chi connectivity index (χ0v) is 37.0. The van der Waals surface area contributed by atoms with Crippen molar-refractivity contribution in [1.82, 2.24) is 0 Å². The maximum atomic E-state index is 12.7. The van der Waals surface area contributed by atoms with Gasteiger partial charge < -0.3 is 33.2 Å². The van der Waals surface area contributed by atoms with E-state index in [0.29, 0.717) is 11.5 Å². The number of hydrogen-bond acceptors (Lipinski definition) is 13. The molecule has 336 valence electrons. The summed E-state index contributed by atoms with van der Waals surface area (Å²) >= 11 is 0. The number of esters is 6. The van der Waals surface area contributed by atoms with Gasteiger partial charge >= 0.3 is 35.8 Å². The molecule has 0 spiro atoms. The standard InChI is InChI=1S/C49H62O13/c1-9-11-12-13-35-14-16-37(17-15-35)38-18-20-41(36(10-2)26-38)39-19-21-42(40(27-39)28-58-47(54)33(3)4)59-29-49(32-62-48(55)34(5)6,30-60-45(52)24-22-43(50)56-7)31-61-46(53)25-23-44(51)57-8/h18-27,35,37H,3,5,9-17,28-32H2,1-2,4,6-8H3/b24-22+,25-23+. The molecule has 0 bridgehead atoms. The number of ether oxygens (including phenoxy) is 7.